The summed E-state index contributed by atoms with van der Waals surface area (Å²) in [5.41, 5.74) is 2.61. The SMILES string of the molecule is C=C(/C(F)=C\N(C)F)/C(N/C=C/C)=C(/CC(C)C)C(=CC)/C=C\C. The molecule has 0 rings (SSSR count). The highest BCUT2D eigenvalue weighted by Gasteiger charge is 2.17. The van der Waals surface area contributed by atoms with E-state index in [4.69, 9.17) is 0 Å². The Balaban J connectivity index is 6.31. The van der Waals surface area contributed by atoms with Gasteiger partial charge in [0.2, 0.25) is 0 Å². The van der Waals surface area contributed by atoms with Crippen molar-refractivity contribution >= 4 is 0 Å². The number of nitrogens with one attached hydrogen (secondary N) is 1. The second-order valence-electron chi connectivity index (χ2n) is 5.82. The fourth-order valence-electron chi connectivity index (χ4n) is 2.20. The molecule has 0 radical (unpaired) electrons. The number of rotatable bonds is 9. The Morgan fingerprint density at radius 1 is 1.21 bits per heavy atom. The van der Waals surface area contributed by atoms with Gasteiger partial charge in [-0.1, -0.05) is 44.7 Å². The molecule has 0 fully saturated rings. The third-order valence-electron chi connectivity index (χ3n) is 3.20. The maximum atomic E-state index is 14.3. The monoisotopic (exact) mass is 336 g/mol. The Bertz CT molecular complexity index is 562. The van der Waals surface area contributed by atoms with Crippen LogP contribution in [0.5, 0.6) is 0 Å². The van der Waals surface area contributed by atoms with Crippen molar-refractivity contribution in [3.05, 3.63) is 71.5 Å². The predicted molar refractivity (Wildman–Crippen MR) is 100 cm³/mol. The van der Waals surface area contributed by atoms with Gasteiger partial charge in [-0.2, -0.15) is 0 Å². The number of allylic oxidation sites excluding steroid dienone is 7. The molecule has 0 spiro atoms. The van der Waals surface area contributed by atoms with Crippen LogP contribution in [-0.4, -0.2) is 12.2 Å². The summed E-state index contributed by atoms with van der Waals surface area (Å²) in [6.07, 6.45) is 10.9. The minimum atomic E-state index is -0.718. The van der Waals surface area contributed by atoms with Crippen LogP contribution in [-0.2, 0) is 0 Å². The summed E-state index contributed by atoms with van der Waals surface area (Å²) in [6, 6.07) is 0. The zero-order chi connectivity index (χ0) is 18.7. The van der Waals surface area contributed by atoms with E-state index in [1.165, 1.54) is 0 Å². The van der Waals surface area contributed by atoms with Crippen LogP contribution in [0.15, 0.2) is 71.5 Å². The van der Waals surface area contributed by atoms with Gasteiger partial charge in [0.1, 0.15) is 5.83 Å². The van der Waals surface area contributed by atoms with E-state index in [0.29, 0.717) is 11.6 Å². The highest BCUT2D eigenvalue weighted by molar-refractivity contribution is 5.52. The molecule has 4 heteroatoms. The van der Waals surface area contributed by atoms with Gasteiger partial charge in [-0.3, -0.25) is 0 Å². The minimum Gasteiger partial charge on any atom is -0.361 e. The van der Waals surface area contributed by atoms with Crippen LogP contribution < -0.4 is 5.32 Å². The molecular formula is C20H30F2N2. The third kappa shape index (κ3) is 7.44. The molecule has 0 saturated carbocycles. The molecule has 0 aromatic rings. The first-order chi connectivity index (χ1) is 11.3. The molecule has 0 aliphatic rings. The first-order valence-corrected chi connectivity index (χ1v) is 8.14. The standard InChI is InChI=1S/C20H30F2N2/c1-8-11-17(10-3)18(13-15(4)5)20(23-12-9-2)16(6)19(21)14-24(7)22/h8-12,14-15,23H,6,13H2,1-5,7H3/b11-8-,12-9+,17-10?,19-14+,20-18+. The first-order valence-electron chi connectivity index (χ1n) is 8.14. The lowest BCUT2D eigenvalue weighted by Crippen LogP contribution is -2.14. The molecule has 1 N–H and O–H groups in total. The molecule has 0 unspecified atom stereocenters. The van der Waals surface area contributed by atoms with E-state index in [1.54, 1.807) is 6.20 Å². The molecule has 134 valence electrons. The summed E-state index contributed by atoms with van der Waals surface area (Å²) >= 11 is 0. The molecule has 24 heavy (non-hydrogen) atoms. The van der Waals surface area contributed by atoms with E-state index in [2.05, 4.69) is 25.7 Å². The molecule has 0 heterocycles. The Morgan fingerprint density at radius 2 is 1.83 bits per heavy atom. The van der Waals surface area contributed by atoms with Crippen LogP contribution in [0, 0.1) is 5.92 Å². The van der Waals surface area contributed by atoms with Crippen molar-refractivity contribution in [3.63, 3.8) is 0 Å². The highest BCUT2D eigenvalue weighted by atomic mass is 19.2. The molecule has 0 saturated heterocycles. The van der Waals surface area contributed by atoms with Crippen molar-refractivity contribution < 1.29 is 8.87 Å². The van der Waals surface area contributed by atoms with Crippen LogP contribution in [0.4, 0.5) is 8.87 Å². The van der Waals surface area contributed by atoms with Crippen molar-refractivity contribution in [2.24, 2.45) is 5.92 Å². The van der Waals surface area contributed by atoms with E-state index in [-0.39, 0.29) is 10.7 Å². The van der Waals surface area contributed by atoms with E-state index in [9.17, 15) is 8.87 Å². The number of halogens is 2. The van der Waals surface area contributed by atoms with Gasteiger partial charge in [0, 0.05) is 12.6 Å². The zero-order valence-electron chi connectivity index (χ0n) is 15.7. The van der Waals surface area contributed by atoms with Gasteiger partial charge in [0.25, 0.3) is 0 Å². The van der Waals surface area contributed by atoms with Gasteiger partial charge in [-0.25, -0.2) is 9.51 Å². The van der Waals surface area contributed by atoms with Crippen LogP contribution in [0.2, 0.25) is 0 Å². The van der Waals surface area contributed by atoms with Gasteiger partial charge < -0.3 is 5.32 Å². The topological polar surface area (TPSA) is 15.3 Å². The summed E-state index contributed by atoms with van der Waals surface area (Å²) in [6.45, 7) is 13.8. The Labute approximate surface area is 145 Å². The second-order valence-corrected chi connectivity index (χ2v) is 5.82. The molecule has 0 atom stereocenters. The molecule has 0 aromatic heterocycles. The smallest absolute Gasteiger partial charge is 0.150 e. The summed E-state index contributed by atoms with van der Waals surface area (Å²) in [5.74, 6) is -0.351. The number of nitrogens with zero attached hydrogens (tertiary/aromatic N) is 1. The van der Waals surface area contributed by atoms with E-state index in [1.807, 2.05) is 45.1 Å². The molecule has 0 aliphatic carbocycles. The van der Waals surface area contributed by atoms with Crippen molar-refractivity contribution in [3.8, 4) is 0 Å². The second kappa shape index (κ2) is 11.4. The van der Waals surface area contributed by atoms with Crippen molar-refractivity contribution in [2.45, 2.75) is 41.0 Å². The summed E-state index contributed by atoms with van der Waals surface area (Å²) in [7, 11) is 1.13. The maximum Gasteiger partial charge on any atom is 0.150 e. The first kappa shape index (κ1) is 21.9. The minimum absolute atomic E-state index is 0.122. The molecule has 2 nitrogen and oxygen atoms in total. The number of hydrogen-bond acceptors (Lipinski definition) is 2. The van der Waals surface area contributed by atoms with E-state index in [0.717, 1.165) is 30.8 Å². The average molecular weight is 336 g/mol. The quantitative estimate of drug-likeness (QED) is 0.403. The van der Waals surface area contributed by atoms with Crippen molar-refractivity contribution in [1.82, 2.24) is 10.4 Å². The highest BCUT2D eigenvalue weighted by Crippen LogP contribution is 2.29. The largest absolute Gasteiger partial charge is 0.361 e. The fraction of sp³-hybridized carbons (Fsp3) is 0.400. The lowest BCUT2D eigenvalue weighted by atomic mass is 9.91. The molecule has 0 aliphatic heterocycles. The lowest BCUT2D eigenvalue weighted by Gasteiger charge is -2.20. The Morgan fingerprint density at radius 3 is 2.25 bits per heavy atom. The predicted octanol–water partition coefficient (Wildman–Crippen LogP) is 6.12. The zero-order valence-corrected chi connectivity index (χ0v) is 15.7. The van der Waals surface area contributed by atoms with Gasteiger partial charge in [0.15, 0.2) is 0 Å². The van der Waals surface area contributed by atoms with Crippen molar-refractivity contribution in [2.75, 3.05) is 7.05 Å². The van der Waals surface area contributed by atoms with Crippen LogP contribution in [0.3, 0.4) is 0 Å². The van der Waals surface area contributed by atoms with Gasteiger partial charge >= 0.3 is 0 Å². The lowest BCUT2D eigenvalue weighted by molar-refractivity contribution is 0.125. The van der Waals surface area contributed by atoms with Crippen molar-refractivity contribution in [1.29, 1.82) is 0 Å². The molecule has 0 amide bonds. The average Bonchev–Trinajstić information content (AvgIpc) is 2.50. The van der Waals surface area contributed by atoms with E-state index >= 15 is 0 Å². The van der Waals surface area contributed by atoms with Gasteiger partial charge in [-0.05, 0) is 50.5 Å². The van der Waals surface area contributed by atoms with Crippen LogP contribution in [0.25, 0.3) is 0 Å². The summed E-state index contributed by atoms with van der Waals surface area (Å²) in [5, 5.41) is 3.28. The van der Waals surface area contributed by atoms with Gasteiger partial charge in [-0.15, -0.1) is 4.48 Å². The molecular weight excluding hydrogens is 306 g/mol. The third-order valence-corrected chi connectivity index (χ3v) is 3.20. The Kier molecular flexibility index (Phi) is 10.4. The normalized spacial score (nSPS) is 14.5. The molecule has 0 aromatic carbocycles. The Hall–Kier alpha value is -2.10. The maximum absolute atomic E-state index is 14.3. The molecule has 0 bridgehead atoms. The van der Waals surface area contributed by atoms with Gasteiger partial charge in [0.05, 0.1) is 11.9 Å². The van der Waals surface area contributed by atoms with Crippen LogP contribution in [0.1, 0.15) is 41.0 Å². The fourth-order valence-corrected chi connectivity index (χ4v) is 2.20. The van der Waals surface area contributed by atoms with Crippen LogP contribution >= 0.6 is 0 Å². The van der Waals surface area contributed by atoms with E-state index < -0.39 is 5.83 Å². The summed E-state index contributed by atoms with van der Waals surface area (Å²) in [4.78, 5) is 0. The summed E-state index contributed by atoms with van der Waals surface area (Å²) < 4.78 is 27.3. The number of hydrogen-bond donors (Lipinski definition) is 1.